The van der Waals surface area contributed by atoms with Crippen molar-refractivity contribution < 1.29 is 0 Å². The SMILES string of the molecule is CCNc1cn2ccnc2c(NC(C)c2ccccc2)n1. The molecule has 2 N–H and O–H groups in total. The van der Waals surface area contributed by atoms with E-state index in [0.29, 0.717) is 0 Å². The lowest BCUT2D eigenvalue weighted by Gasteiger charge is -2.16. The zero-order chi connectivity index (χ0) is 14.7. The van der Waals surface area contributed by atoms with Gasteiger partial charge in [0.05, 0.1) is 12.2 Å². The van der Waals surface area contributed by atoms with E-state index in [4.69, 9.17) is 0 Å². The number of hydrogen-bond donors (Lipinski definition) is 2. The van der Waals surface area contributed by atoms with Crippen molar-refractivity contribution in [2.24, 2.45) is 0 Å². The standard InChI is InChI=1S/C16H19N5/c1-3-17-14-11-21-10-9-18-16(21)15(20-14)19-12(2)13-7-5-4-6-8-13/h4-12,17H,3H2,1-2H3,(H,19,20). The molecule has 5 heteroatoms. The zero-order valence-corrected chi connectivity index (χ0v) is 12.2. The summed E-state index contributed by atoms with van der Waals surface area (Å²) in [5, 5.41) is 6.69. The van der Waals surface area contributed by atoms with Crippen molar-refractivity contribution in [3.63, 3.8) is 0 Å². The van der Waals surface area contributed by atoms with Crippen molar-refractivity contribution in [1.82, 2.24) is 14.4 Å². The van der Waals surface area contributed by atoms with Crippen LogP contribution in [0.4, 0.5) is 11.6 Å². The van der Waals surface area contributed by atoms with Gasteiger partial charge in [0.15, 0.2) is 11.5 Å². The first-order valence-electron chi connectivity index (χ1n) is 7.17. The molecule has 0 saturated carbocycles. The van der Waals surface area contributed by atoms with Gasteiger partial charge < -0.3 is 15.0 Å². The smallest absolute Gasteiger partial charge is 0.180 e. The van der Waals surface area contributed by atoms with Gasteiger partial charge in [-0.05, 0) is 19.4 Å². The van der Waals surface area contributed by atoms with Crippen molar-refractivity contribution >= 4 is 17.3 Å². The largest absolute Gasteiger partial charge is 0.369 e. The lowest BCUT2D eigenvalue weighted by atomic mass is 10.1. The van der Waals surface area contributed by atoms with Crippen LogP contribution in [0.2, 0.25) is 0 Å². The van der Waals surface area contributed by atoms with E-state index < -0.39 is 0 Å². The van der Waals surface area contributed by atoms with Gasteiger partial charge in [-0.25, -0.2) is 9.97 Å². The van der Waals surface area contributed by atoms with E-state index in [2.05, 4.69) is 46.6 Å². The predicted octanol–water partition coefficient (Wildman–Crippen LogP) is 3.33. The first-order valence-corrected chi connectivity index (χ1v) is 7.17. The molecular formula is C16H19N5. The van der Waals surface area contributed by atoms with Gasteiger partial charge in [-0.15, -0.1) is 0 Å². The van der Waals surface area contributed by atoms with Crippen LogP contribution >= 0.6 is 0 Å². The Morgan fingerprint density at radius 3 is 2.81 bits per heavy atom. The number of nitrogens with one attached hydrogen (secondary N) is 2. The second-order valence-corrected chi connectivity index (χ2v) is 4.94. The average molecular weight is 281 g/mol. The van der Waals surface area contributed by atoms with Crippen LogP contribution in [0.25, 0.3) is 5.65 Å². The van der Waals surface area contributed by atoms with Crippen molar-refractivity contribution in [2.45, 2.75) is 19.9 Å². The Hall–Kier alpha value is -2.56. The molecule has 0 spiro atoms. The first kappa shape index (κ1) is 13.4. The highest BCUT2D eigenvalue weighted by Crippen LogP contribution is 2.22. The Morgan fingerprint density at radius 2 is 2.05 bits per heavy atom. The summed E-state index contributed by atoms with van der Waals surface area (Å²) in [5.41, 5.74) is 2.05. The fourth-order valence-corrected chi connectivity index (χ4v) is 2.32. The fourth-order valence-electron chi connectivity index (χ4n) is 2.32. The monoisotopic (exact) mass is 281 g/mol. The number of imidazole rings is 1. The van der Waals surface area contributed by atoms with E-state index in [1.54, 1.807) is 6.20 Å². The minimum atomic E-state index is 0.163. The summed E-state index contributed by atoms with van der Waals surface area (Å²) in [6.45, 7) is 5.01. The Kier molecular flexibility index (Phi) is 3.73. The van der Waals surface area contributed by atoms with E-state index in [0.717, 1.165) is 23.8 Å². The number of aromatic nitrogens is 3. The molecule has 1 atom stereocenters. The molecule has 5 nitrogen and oxygen atoms in total. The fraction of sp³-hybridized carbons (Fsp3) is 0.250. The normalized spacial score (nSPS) is 12.3. The molecule has 0 aliphatic heterocycles. The molecule has 2 heterocycles. The highest BCUT2D eigenvalue weighted by molar-refractivity contribution is 5.66. The summed E-state index contributed by atoms with van der Waals surface area (Å²) in [5.74, 6) is 1.63. The van der Waals surface area contributed by atoms with Crippen molar-refractivity contribution in [2.75, 3.05) is 17.2 Å². The zero-order valence-electron chi connectivity index (χ0n) is 12.2. The van der Waals surface area contributed by atoms with Crippen LogP contribution in [0.3, 0.4) is 0 Å². The summed E-state index contributed by atoms with van der Waals surface area (Å²) in [6.07, 6.45) is 5.66. The van der Waals surface area contributed by atoms with Crippen LogP contribution in [-0.4, -0.2) is 20.9 Å². The Bertz CT molecular complexity index is 720. The van der Waals surface area contributed by atoms with Crippen LogP contribution in [0.1, 0.15) is 25.5 Å². The second kappa shape index (κ2) is 5.83. The van der Waals surface area contributed by atoms with E-state index in [-0.39, 0.29) is 6.04 Å². The molecule has 0 fully saturated rings. The number of nitrogens with zero attached hydrogens (tertiary/aromatic N) is 3. The number of anilines is 2. The molecular weight excluding hydrogens is 262 g/mol. The van der Waals surface area contributed by atoms with E-state index in [1.165, 1.54) is 5.56 Å². The van der Waals surface area contributed by atoms with Crippen LogP contribution < -0.4 is 10.6 Å². The van der Waals surface area contributed by atoms with Gasteiger partial charge in [0, 0.05) is 18.9 Å². The molecule has 3 aromatic rings. The van der Waals surface area contributed by atoms with Crippen LogP contribution in [0.15, 0.2) is 48.9 Å². The topological polar surface area (TPSA) is 54.2 Å². The molecule has 2 aromatic heterocycles. The number of rotatable bonds is 5. The van der Waals surface area contributed by atoms with E-state index in [1.807, 2.05) is 35.0 Å². The molecule has 21 heavy (non-hydrogen) atoms. The molecule has 108 valence electrons. The summed E-state index contributed by atoms with van der Waals surface area (Å²) in [4.78, 5) is 9.00. The molecule has 0 saturated heterocycles. The van der Waals surface area contributed by atoms with Gasteiger partial charge in [-0.2, -0.15) is 0 Å². The van der Waals surface area contributed by atoms with Crippen molar-refractivity contribution in [3.8, 4) is 0 Å². The third-order valence-electron chi connectivity index (χ3n) is 3.38. The molecule has 0 aliphatic carbocycles. The number of benzene rings is 1. The van der Waals surface area contributed by atoms with E-state index in [9.17, 15) is 0 Å². The third-order valence-corrected chi connectivity index (χ3v) is 3.38. The molecule has 0 amide bonds. The predicted molar refractivity (Wildman–Crippen MR) is 85.6 cm³/mol. The Balaban J connectivity index is 1.93. The Morgan fingerprint density at radius 1 is 1.24 bits per heavy atom. The molecule has 1 aromatic carbocycles. The average Bonchev–Trinajstić information content (AvgIpc) is 2.97. The minimum Gasteiger partial charge on any atom is -0.369 e. The highest BCUT2D eigenvalue weighted by atomic mass is 15.1. The minimum absolute atomic E-state index is 0.163. The summed E-state index contributed by atoms with van der Waals surface area (Å²) >= 11 is 0. The molecule has 1 unspecified atom stereocenters. The maximum absolute atomic E-state index is 4.62. The van der Waals surface area contributed by atoms with Gasteiger partial charge in [0.25, 0.3) is 0 Å². The summed E-state index contributed by atoms with van der Waals surface area (Å²) in [6, 6.07) is 10.5. The highest BCUT2D eigenvalue weighted by Gasteiger charge is 2.11. The van der Waals surface area contributed by atoms with Crippen molar-refractivity contribution in [3.05, 3.63) is 54.5 Å². The van der Waals surface area contributed by atoms with Gasteiger partial charge >= 0.3 is 0 Å². The van der Waals surface area contributed by atoms with E-state index >= 15 is 0 Å². The maximum Gasteiger partial charge on any atom is 0.180 e. The molecule has 0 aliphatic rings. The molecule has 0 radical (unpaired) electrons. The third kappa shape index (κ3) is 2.81. The van der Waals surface area contributed by atoms with Crippen molar-refractivity contribution in [1.29, 1.82) is 0 Å². The summed E-state index contributed by atoms with van der Waals surface area (Å²) in [7, 11) is 0. The lowest BCUT2D eigenvalue weighted by Crippen LogP contribution is -2.11. The van der Waals surface area contributed by atoms with Crippen LogP contribution in [0, 0.1) is 0 Å². The summed E-state index contributed by atoms with van der Waals surface area (Å²) < 4.78 is 1.98. The second-order valence-electron chi connectivity index (χ2n) is 4.94. The van der Waals surface area contributed by atoms with Gasteiger partial charge in [0.2, 0.25) is 0 Å². The first-order chi connectivity index (χ1) is 10.3. The van der Waals surface area contributed by atoms with Gasteiger partial charge in [0.1, 0.15) is 5.82 Å². The van der Waals surface area contributed by atoms with Gasteiger partial charge in [-0.3, -0.25) is 0 Å². The van der Waals surface area contributed by atoms with Crippen LogP contribution in [0.5, 0.6) is 0 Å². The number of hydrogen-bond acceptors (Lipinski definition) is 4. The lowest BCUT2D eigenvalue weighted by molar-refractivity contribution is 0.872. The molecule has 0 bridgehead atoms. The Labute approximate surface area is 124 Å². The van der Waals surface area contributed by atoms with Gasteiger partial charge in [-0.1, -0.05) is 30.3 Å². The quantitative estimate of drug-likeness (QED) is 0.753. The molecule has 3 rings (SSSR count). The maximum atomic E-state index is 4.62. The van der Waals surface area contributed by atoms with Crippen LogP contribution in [-0.2, 0) is 0 Å². The number of fused-ring (bicyclic) bond motifs is 1.